The van der Waals surface area contributed by atoms with Crippen LogP contribution in [-0.4, -0.2) is 30.9 Å². The molecule has 0 amide bonds. The average Bonchev–Trinajstić information content (AvgIpc) is 2.99. The number of ether oxygens (including phenoxy) is 1. The molecule has 130 valence electrons. The minimum atomic E-state index is -0.850. The lowest BCUT2D eigenvalue weighted by Gasteiger charge is -2.15. The van der Waals surface area contributed by atoms with E-state index in [1.165, 1.54) is 12.1 Å². The summed E-state index contributed by atoms with van der Waals surface area (Å²) >= 11 is 0. The molecule has 1 aliphatic heterocycles. The van der Waals surface area contributed by atoms with Crippen molar-refractivity contribution < 1.29 is 13.9 Å². The van der Waals surface area contributed by atoms with Crippen LogP contribution in [0.4, 0.5) is 4.39 Å². The molecule has 0 aromatic heterocycles. The van der Waals surface area contributed by atoms with Gasteiger partial charge >= 0.3 is 0 Å². The number of rotatable bonds is 5. The first-order chi connectivity index (χ1) is 11.5. The zero-order valence-corrected chi connectivity index (χ0v) is 13.3. The molecule has 0 unspecified atom stereocenters. The van der Waals surface area contributed by atoms with Crippen LogP contribution in [0, 0.1) is 28.5 Å². The van der Waals surface area contributed by atoms with Crippen molar-refractivity contribution in [1.82, 2.24) is 4.90 Å². The Morgan fingerprint density at radius 2 is 2.20 bits per heavy atom. The van der Waals surface area contributed by atoms with Crippen LogP contribution in [0.5, 0.6) is 5.75 Å². The number of halogens is 1. The van der Waals surface area contributed by atoms with Crippen molar-refractivity contribution in [2.75, 3.05) is 20.2 Å². The van der Waals surface area contributed by atoms with Crippen LogP contribution in [-0.2, 0) is 0 Å². The van der Waals surface area contributed by atoms with Gasteiger partial charge in [-0.15, -0.1) is 0 Å². The predicted octanol–water partition coefficient (Wildman–Crippen LogP) is 3.58. The Bertz CT molecular complexity index is 800. The van der Waals surface area contributed by atoms with Gasteiger partial charge in [-0.2, -0.15) is 10.5 Å². The molecule has 1 aromatic rings. The summed E-state index contributed by atoms with van der Waals surface area (Å²) < 4.78 is 19.6. The zero-order chi connectivity index (χ0) is 17.7. The van der Waals surface area contributed by atoms with Crippen molar-refractivity contribution in [2.45, 2.75) is 20.3 Å². The van der Waals surface area contributed by atoms with Crippen molar-refractivity contribution in [3.63, 3.8) is 0 Å². The highest BCUT2D eigenvalue weighted by Gasteiger charge is 2.26. The standard InChI is InChI=1S/C18H16FN3O2.CH4/c1-3-7-24-17-9-13(15(19)8-12(17)10-20)18(23)14(11-21)16-5-4-6-22(16)2;/h3,8-9H,1,4-7H2,2H3;1H4/b16-14-;. The molecule has 1 saturated heterocycles. The van der Waals surface area contributed by atoms with Crippen LogP contribution in [0.2, 0.25) is 0 Å². The molecule has 0 N–H and O–H groups in total. The molecule has 0 radical (unpaired) electrons. The zero-order valence-electron chi connectivity index (χ0n) is 13.3. The normalized spacial score (nSPS) is 14.8. The molecule has 1 fully saturated rings. The van der Waals surface area contributed by atoms with E-state index in [1.807, 2.05) is 17.0 Å². The highest BCUT2D eigenvalue weighted by Crippen LogP contribution is 2.28. The molecule has 5 nitrogen and oxygen atoms in total. The lowest BCUT2D eigenvalue weighted by Crippen LogP contribution is -2.16. The van der Waals surface area contributed by atoms with Crippen LogP contribution in [0.1, 0.15) is 36.2 Å². The number of hydrogen-bond donors (Lipinski definition) is 0. The lowest BCUT2D eigenvalue weighted by molar-refractivity contribution is 0.103. The molecular formula is C19H20FN3O2. The summed E-state index contributed by atoms with van der Waals surface area (Å²) in [4.78, 5) is 14.5. The van der Waals surface area contributed by atoms with Crippen molar-refractivity contribution in [2.24, 2.45) is 0 Å². The number of Topliss-reactive ketones (excluding diaryl/α,β-unsaturated/α-hetero) is 1. The van der Waals surface area contributed by atoms with Crippen molar-refractivity contribution >= 4 is 5.78 Å². The van der Waals surface area contributed by atoms with Gasteiger partial charge in [0.1, 0.15) is 35.9 Å². The van der Waals surface area contributed by atoms with Gasteiger partial charge in [0.05, 0.1) is 11.1 Å². The van der Waals surface area contributed by atoms with E-state index in [0.717, 1.165) is 19.0 Å². The summed E-state index contributed by atoms with van der Waals surface area (Å²) in [5, 5.41) is 18.4. The number of carbonyl (C=O) groups is 1. The number of carbonyl (C=O) groups excluding carboxylic acids is 1. The highest BCUT2D eigenvalue weighted by atomic mass is 19.1. The van der Waals surface area contributed by atoms with Gasteiger partial charge in [0, 0.05) is 19.3 Å². The number of allylic oxidation sites excluding steroid dienone is 2. The van der Waals surface area contributed by atoms with Crippen LogP contribution in [0.25, 0.3) is 0 Å². The maximum Gasteiger partial charge on any atom is 0.208 e. The van der Waals surface area contributed by atoms with Gasteiger partial charge in [0.2, 0.25) is 5.78 Å². The van der Waals surface area contributed by atoms with E-state index in [-0.39, 0.29) is 36.5 Å². The maximum atomic E-state index is 14.3. The SMILES string of the molecule is C.C=CCOc1cc(C(=O)/C(C#N)=C2/CCCN2C)c(F)cc1C#N. The molecule has 0 aliphatic carbocycles. The summed E-state index contributed by atoms with van der Waals surface area (Å²) in [6.45, 7) is 4.36. The second-order valence-electron chi connectivity index (χ2n) is 5.33. The number of likely N-dealkylation sites (tertiary alicyclic amines) is 1. The van der Waals surface area contributed by atoms with E-state index in [4.69, 9.17) is 10.00 Å². The van der Waals surface area contributed by atoms with E-state index in [1.54, 1.807) is 7.05 Å². The van der Waals surface area contributed by atoms with Gasteiger partial charge in [-0.05, 0) is 25.0 Å². The quantitative estimate of drug-likeness (QED) is 0.354. The Morgan fingerprint density at radius 3 is 2.72 bits per heavy atom. The number of benzene rings is 1. The van der Waals surface area contributed by atoms with Crippen molar-refractivity contribution in [3.8, 4) is 17.9 Å². The average molecular weight is 341 g/mol. The van der Waals surface area contributed by atoms with E-state index in [9.17, 15) is 14.4 Å². The van der Waals surface area contributed by atoms with Gasteiger partial charge in [0.15, 0.2) is 0 Å². The molecule has 0 saturated carbocycles. The first-order valence-corrected chi connectivity index (χ1v) is 7.39. The van der Waals surface area contributed by atoms with Gasteiger partial charge in [-0.3, -0.25) is 4.79 Å². The summed E-state index contributed by atoms with van der Waals surface area (Å²) in [6, 6.07) is 5.83. The second kappa shape index (κ2) is 8.65. The molecule has 6 heteroatoms. The monoisotopic (exact) mass is 341 g/mol. The first kappa shape index (κ1) is 19.9. The lowest BCUT2D eigenvalue weighted by atomic mass is 9.99. The first-order valence-electron chi connectivity index (χ1n) is 7.39. The van der Waals surface area contributed by atoms with Gasteiger partial charge < -0.3 is 9.64 Å². The van der Waals surface area contributed by atoms with Crippen molar-refractivity contribution in [1.29, 1.82) is 10.5 Å². The molecule has 1 aromatic carbocycles. The van der Waals surface area contributed by atoms with Crippen LogP contribution >= 0.6 is 0 Å². The summed E-state index contributed by atoms with van der Waals surface area (Å²) in [6.07, 6.45) is 2.92. The number of nitriles is 2. The number of ketones is 1. The molecule has 25 heavy (non-hydrogen) atoms. The third-order valence-corrected chi connectivity index (χ3v) is 3.79. The van der Waals surface area contributed by atoms with E-state index in [0.29, 0.717) is 12.1 Å². The highest BCUT2D eigenvalue weighted by molar-refractivity contribution is 6.12. The Balaban J connectivity index is 0.00000312. The third kappa shape index (κ3) is 4.05. The molecule has 1 aliphatic rings. The van der Waals surface area contributed by atoms with Crippen LogP contribution in [0.15, 0.2) is 36.1 Å². The predicted molar refractivity (Wildman–Crippen MR) is 92.4 cm³/mol. The fourth-order valence-corrected chi connectivity index (χ4v) is 2.59. The van der Waals surface area contributed by atoms with Crippen molar-refractivity contribution in [3.05, 3.63) is 53.0 Å². The van der Waals surface area contributed by atoms with Gasteiger partial charge in [-0.1, -0.05) is 20.1 Å². The molecular weight excluding hydrogens is 321 g/mol. The smallest absolute Gasteiger partial charge is 0.208 e. The molecule has 0 atom stereocenters. The molecule has 0 spiro atoms. The summed E-state index contributed by atoms with van der Waals surface area (Å²) in [5.41, 5.74) is 0.237. The van der Waals surface area contributed by atoms with Gasteiger partial charge in [-0.25, -0.2) is 4.39 Å². The van der Waals surface area contributed by atoms with Crippen LogP contribution < -0.4 is 4.74 Å². The molecule has 0 bridgehead atoms. The fourth-order valence-electron chi connectivity index (χ4n) is 2.59. The largest absolute Gasteiger partial charge is 0.488 e. The minimum Gasteiger partial charge on any atom is -0.488 e. The number of hydrogen-bond acceptors (Lipinski definition) is 5. The minimum absolute atomic E-state index is 0. The van der Waals surface area contributed by atoms with E-state index in [2.05, 4.69) is 6.58 Å². The van der Waals surface area contributed by atoms with E-state index >= 15 is 0 Å². The Labute approximate surface area is 147 Å². The Kier molecular flexibility index (Phi) is 6.90. The Hall–Kier alpha value is -3.12. The van der Waals surface area contributed by atoms with E-state index < -0.39 is 11.6 Å². The fraction of sp³-hybridized carbons (Fsp3) is 0.316. The number of nitrogens with zero attached hydrogens (tertiary/aromatic N) is 3. The summed E-state index contributed by atoms with van der Waals surface area (Å²) in [7, 11) is 1.79. The Morgan fingerprint density at radius 1 is 1.48 bits per heavy atom. The molecule has 2 rings (SSSR count). The van der Waals surface area contributed by atoms with Crippen LogP contribution in [0.3, 0.4) is 0 Å². The topological polar surface area (TPSA) is 77.1 Å². The third-order valence-electron chi connectivity index (χ3n) is 3.79. The summed E-state index contributed by atoms with van der Waals surface area (Å²) in [5.74, 6) is -1.47. The molecule has 1 heterocycles. The second-order valence-corrected chi connectivity index (χ2v) is 5.33. The van der Waals surface area contributed by atoms with Gasteiger partial charge in [0.25, 0.3) is 0 Å². The maximum absolute atomic E-state index is 14.3.